The number of amides is 1. The maximum absolute atomic E-state index is 14.3. The van der Waals surface area contributed by atoms with Crippen molar-refractivity contribution in [1.82, 2.24) is 14.8 Å². The highest BCUT2D eigenvalue weighted by Crippen LogP contribution is 2.54. The van der Waals surface area contributed by atoms with E-state index in [-0.39, 0.29) is 30.1 Å². The minimum absolute atomic E-state index is 0.0629. The smallest absolute Gasteiger partial charge is 0.320 e. The van der Waals surface area contributed by atoms with E-state index in [1.807, 2.05) is 6.07 Å². The van der Waals surface area contributed by atoms with Gasteiger partial charge in [-0.3, -0.25) is 9.48 Å². The molecule has 0 aliphatic heterocycles. The fourth-order valence-corrected chi connectivity index (χ4v) is 5.11. The molecule has 0 bridgehead atoms. The first-order valence-corrected chi connectivity index (χ1v) is 12.4. The first kappa shape index (κ1) is 25.0. The van der Waals surface area contributed by atoms with Gasteiger partial charge in [0.2, 0.25) is 5.92 Å². The number of alkyl halides is 5. The van der Waals surface area contributed by atoms with Crippen LogP contribution in [0.1, 0.15) is 54.4 Å². The number of anilines is 1. The summed E-state index contributed by atoms with van der Waals surface area (Å²) in [5.74, 6) is -4.19. The van der Waals surface area contributed by atoms with Gasteiger partial charge in [-0.2, -0.15) is 23.5 Å². The van der Waals surface area contributed by atoms with Crippen LogP contribution in [0.3, 0.4) is 0 Å². The van der Waals surface area contributed by atoms with Crippen LogP contribution in [0.15, 0.2) is 23.4 Å². The van der Waals surface area contributed by atoms with Crippen LogP contribution in [0.5, 0.6) is 0 Å². The molecule has 2 saturated carbocycles. The van der Waals surface area contributed by atoms with Crippen LogP contribution in [0.25, 0.3) is 0 Å². The summed E-state index contributed by atoms with van der Waals surface area (Å²) in [5, 5.41) is 15.6. The van der Waals surface area contributed by atoms with E-state index in [9.17, 15) is 36.2 Å². The average Bonchev–Trinajstić information content (AvgIpc) is 3.39. The number of aromatic nitrogens is 3. The van der Waals surface area contributed by atoms with Crippen molar-refractivity contribution in [3.63, 3.8) is 0 Å². The number of nitriles is 1. The molecule has 2 fully saturated rings. The fraction of sp³-hybridized carbons (Fsp3) is 0.524. The number of nitrogens with one attached hydrogen (secondary N) is 2. The highest BCUT2D eigenvalue weighted by molar-refractivity contribution is 7.91. The Morgan fingerprint density at radius 2 is 1.97 bits per heavy atom. The molecule has 0 unspecified atom stereocenters. The highest BCUT2D eigenvalue weighted by atomic mass is 32.2. The Balaban J connectivity index is 1.81. The van der Waals surface area contributed by atoms with E-state index in [1.54, 1.807) is 0 Å². The fourth-order valence-electron chi connectivity index (χ4n) is 4.50. The maximum Gasteiger partial charge on any atom is 0.420 e. The second-order valence-corrected chi connectivity index (χ2v) is 11.7. The lowest BCUT2D eigenvalue weighted by molar-refractivity contribution is -0.160. The van der Waals surface area contributed by atoms with Gasteiger partial charge in [-0.25, -0.2) is 22.8 Å². The van der Waals surface area contributed by atoms with Gasteiger partial charge in [-0.15, -0.1) is 0 Å². The van der Waals surface area contributed by atoms with Crippen LogP contribution in [0, 0.1) is 21.5 Å². The highest BCUT2D eigenvalue weighted by Gasteiger charge is 2.57. The molecule has 2 aromatic rings. The molecule has 0 saturated heterocycles. The summed E-state index contributed by atoms with van der Waals surface area (Å²) in [6.07, 6.45) is -3.73. The summed E-state index contributed by atoms with van der Waals surface area (Å²) in [6.45, 7) is 1.09. The number of hydrogen-bond acceptors (Lipinski definition) is 6. The van der Waals surface area contributed by atoms with Gasteiger partial charge in [-0.05, 0) is 30.4 Å². The molecule has 0 radical (unpaired) electrons. The van der Waals surface area contributed by atoms with Gasteiger partial charge >= 0.3 is 6.18 Å². The molecule has 35 heavy (non-hydrogen) atoms. The summed E-state index contributed by atoms with van der Waals surface area (Å²) in [4.78, 5) is 17.0. The number of rotatable bonds is 6. The summed E-state index contributed by atoms with van der Waals surface area (Å²) < 4.78 is 90.3. The number of carbonyl (C=O) groups is 1. The minimum Gasteiger partial charge on any atom is -0.320 e. The summed E-state index contributed by atoms with van der Waals surface area (Å²) in [7, 11) is -3.27. The van der Waals surface area contributed by atoms with Crippen molar-refractivity contribution in [1.29, 1.82) is 10.0 Å². The van der Waals surface area contributed by atoms with Gasteiger partial charge in [0.1, 0.15) is 21.7 Å². The van der Waals surface area contributed by atoms with E-state index in [1.165, 1.54) is 13.0 Å². The minimum atomic E-state index is -5.06. The van der Waals surface area contributed by atoms with Crippen molar-refractivity contribution >= 4 is 21.3 Å². The molecule has 2 aliphatic carbocycles. The van der Waals surface area contributed by atoms with Crippen molar-refractivity contribution in [2.75, 3.05) is 11.6 Å². The number of carbonyl (C=O) groups excluding carboxylic acids is 1. The summed E-state index contributed by atoms with van der Waals surface area (Å²) >= 11 is 0. The molecular weight excluding hydrogens is 495 g/mol. The van der Waals surface area contributed by atoms with Crippen molar-refractivity contribution in [2.24, 2.45) is 5.41 Å². The maximum atomic E-state index is 14.3. The molecule has 1 amide bonds. The van der Waals surface area contributed by atoms with Gasteiger partial charge in [0.05, 0.1) is 21.5 Å². The third-order valence-corrected chi connectivity index (χ3v) is 7.18. The third-order valence-electron chi connectivity index (χ3n) is 6.16. The molecule has 14 heteroatoms. The van der Waals surface area contributed by atoms with Crippen LogP contribution in [-0.4, -0.2) is 37.1 Å². The third kappa shape index (κ3) is 4.73. The monoisotopic (exact) mass is 516 g/mol. The predicted molar refractivity (Wildman–Crippen MR) is 113 cm³/mol. The van der Waals surface area contributed by atoms with Crippen LogP contribution in [0.4, 0.5) is 27.6 Å². The van der Waals surface area contributed by atoms with Crippen molar-refractivity contribution in [2.45, 2.75) is 61.7 Å². The Kier molecular flexibility index (Phi) is 5.51. The van der Waals surface area contributed by atoms with E-state index < -0.39 is 68.4 Å². The molecule has 1 atom stereocenters. The zero-order chi connectivity index (χ0) is 26.0. The van der Waals surface area contributed by atoms with Crippen molar-refractivity contribution in [3.8, 4) is 6.07 Å². The molecule has 188 valence electrons. The van der Waals surface area contributed by atoms with E-state index in [0.29, 0.717) is 0 Å². The second-order valence-electron chi connectivity index (χ2n) is 9.62. The van der Waals surface area contributed by atoms with Crippen LogP contribution in [-0.2, 0) is 27.9 Å². The van der Waals surface area contributed by atoms with Gasteiger partial charge in [0.25, 0.3) is 5.91 Å². The van der Waals surface area contributed by atoms with E-state index in [2.05, 4.69) is 15.4 Å². The largest absolute Gasteiger partial charge is 0.420 e. The molecule has 2 aliphatic rings. The van der Waals surface area contributed by atoms with E-state index in [0.717, 1.165) is 23.2 Å². The van der Waals surface area contributed by atoms with Gasteiger partial charge < -0.3 is 5.32 Å². The Hall–Kier alpha value is -3.08. The Morgan fingerprint density at radius 1 is 1.34 bits per heavy atom. The number of halogens is 5. The van der Waals surface area contributed by atoms with Crippen LogP contribution < -0.4 is 5.32 Å². The van der Waals surface area contributed by atoms with Gasteiger partial charge in [0, 0.05) is 37.5 Å². The van der Waals surface area contributed by atoms with Gasteiger partial charge in [0.15, 0.2) is 0 Å². The molecule has 2 aromatic heterocycles. The SMILES string of the molecule is CC1(Cn2nc(C3(C#N)CC3)c(C(F)(F)F)c2C(=O)Nc2ccnc([S@](C)(=N)=O)c2)CC(F)(F)C1. The lowest BCUT2D eigenvalue weighted by Gasteiger charge is -2.44. The lowest BCUT2D eigenvalue weighted by Crippen LogP contribution is -2.47. The zero-order valence-corrected chi connectivity index (χ0v) is 19.5. The van der Waals surface area contributed by atoms with E-state index >= 15 is 0 Å². The molecule has 8 nitrogen and oxygen atoms in total. The summed E-state index contributed by atoms with van der Waals surface area (Å²) in [5.41, 5.74) is -5.53. The first-order valence-electron chi connectivity index (χ1n) is 10.5. The number of pyridine rings is 1. The quantitative estimate of drug-likeness (QED) is 0.544. The van der Waals surface area contributed by atoms with Crippen molar-refractivity contribution < 1.29 is 31.0 Å². The molecule has 2 N–H and O–H groups in total. The average molecular weight is 516 g/mol. The van der Waals surface area contributed by atoms with Crippen LogP contribution >= 0.6 is 0 Å². The normalized spacial score (nSPS) is 21.3. The molecule has 2 heterocycles. The van der Waals surface area contributed by atoms with Crippen molar-refractivity contribution in [3.05, 3.63) is 35.3 Å². The predicted octanol–water partition coefficient (Wildman–Crippen LogP) is 4.58. The standard InChI is InChI=1S/C21H21F5N6O2S/c1-18(8-20(22,23)9-18)11-32-15(14(21(24,25)26)16(31-32)19(10-27)4-5-19)17(33)30-12-3-6-29-13(7-12)35(2,28)34/h3,6-7,28H,4-5,8-9,11H2,1-2H3,(H,29,30,33)/t35-/m1/s1. The molecule has 0 spiro atoms. The van der Waals surface area contributed by atoms with Gasteiger partial charge in [-0.1, -0.05) is 6.92 Å². The first-order chi connectivity index (χ1) is 16.0. The zero-order valence-electron chi connectivity index (χ0n) is 18.7. The molecule has 0 aromatic carbocycles. The topological polar surface area (TPSA) is 125 Å². The van der Waals surface area contributed by atoms with E-state index in [4.69, 9.17) is 4.78 Å². The Bertz CT molecular complexity index is 1350. The Morgan fingerprint density at radius 3 is 2.46 bits per heavy atom. The molecule has 4 rings (SSSR count). The number of hydrogen-bond donors (Lipinski definition) is 2. The number of nitrogens with zero attached hydrogens (tertiary/aromatic N) is 4. The lowest BCUT2D eigenvalue weighted by atomic mass is 9.67. The Labute approximate surface area is 197 Å². The summed E-state index contributed by atoms with van der Waals surface area (Å²) in [6, 6.07) is 4.20. The van der Waals surface area contributed by atoms with Crippen LogP contribution in [0.2, 0.25) is 0 Å². The second kappa shape index (κ2) is 7.71. The molecular formula is C21H21F5N6O2S.